The van der Waals surface area contributed by atoms with Gasteiger partial charge in [0.25, 0.3) is 0 Å². The van der Waals surface area contributed by atoms with Gasteiger partial charge in [0.1, 0.15) is 0 Å². The first-order chi connectivity index (χ1) is 18.8. The van der Waals surface area contributed by atoms with E-state index in [0.717, 1.165) is 33.4 Å². The Hall–Kier alpha value is -4.20. The lowest BCUT2D eigenvalue weighted by Crippen LogP contribution is -2.41. The maximum Gasteiger partial charge on any atom is 0.494 e. The summed E-state index contributed by atoms with van der Waals surface area (Å²) in [6, 6.07) is 32.1. The highest BCUT2D eigenvalue weighted by atomic mass is 16.7. The number of hydrogen-bond acceptors (Lipinski definition) is 6. The van der Waals surface area contributed by atoms with Gasteiger partial charge in [0.15, 0.2) is 17.5 Å². The van der Waals surface area contributed by atoms with E-state index >= 15 is 0 Å². The van der Waals surface area contributed by atoms with Crippen LogP contribution in [0.2, 0.25) is 0 Å². The highest BCUT2D eigenvalue weighted by Crippen LogP contribution is 2.36. The van der Waals surface area contributed by atoms with Crippen molar-refractivity contribution >= 4 is 12.6 Å². The second kappa shape index (κ2) is 9.84. The molecule has 0 unspecified atom stereocenters. The SMILES string of the molecule is CC1(C)OB(c2ccc(-c3nc(-c4ccccc4)nc(-c4ccc(-c5ccccn5)cc4)n3)cc2)OC1(C)C. The molecule has 0 radical (unpaired) electrons. The molecule has 192 valence electrons. The lowest BCUT2D eigenvalue weighted by atomic mass is 9.79. The molecule has 3 aromatic carbocycles. The Balaban J connectivity index is 1.36. The summed E-state index contributed by atoms with van der Waals surface area (Å²) in [7, 11) is -0.421. The Bertz CT molecular complexity index is 1570. The molecular weight excluding hydrogens is 483 g/mol. The normalized spacial score (nSPS) is 15.8. The van der Waals surface area contributed by atoms with Crippen LogP contribution in [0, 0.1) is 0 Å². The number of aromatic nitrogens is 4. The first-order valence-electron chi connectivity index (χ1n) is 13.1. The quantitative estimate of drug-likeness (QED) is 0.260. The van der Waals surface area contributed by atoms with E-state index in [-0.39, 0.29) is 0 Å². The topological polar surface area (TPSA) is 70.0 Å². The molecular formula is C32H29BN4O2. The monoisotopic (exact) mass is 512 g/mol. The van der Waals surface area contributed by atoms with Gasteiger partial charge in [-0.25, -0.2) is 15.0 Å². The fraction of sp³-hybridized carbons (Fsp3) is 0.188. The van der Waals surface area contributed by atoms with Gasteiger partial charge in [0.2, 0.25) is 0 Å². The largest absolute Gasteiger partial charge is 0.494 e. The van der Waals surface area contributed by atoms with E-state index in [4.69, 9.17) is 24.3 Å². The molecule has 1 aliphatic heterocycles. The van der Waals surface area contributed by atoms with Crippen LogP contribution < -0.4 is 5.46 Å². The molecule has 0 aliphatic carbocycles. The van der Waals surface area contributed by atoms with Gasteiger partial charge in [0.05, 0.1) is 16.9 Å². The number of nitrogens with zero attached hydrogens (tertiary/aromatic N) is 4. The molecule has 1 fully saturated rings. The molecule has 0 saturated carbocycles. The maximum absolute atomic E-state index is 6.22. The van der Waals surface area contributed by atoms with Crippen molar-refractivity contribution in [3.8, 4) is 45.4 Å². The summed E-state index contributed by atoms with van der Waals surface area (Å²) in [5.41, 5.74) is 4.86. The van der Waals surface area contributed by atoms with Gasteiger partial charge in [-0.3, -0.25) is 4.98 Å². The fourth-order valence-electron chi connectivity index (χ4n) is 4.44. The van der Waals surface area contributed by atoms with Crippen LogP contribution in [-0.4, -0.2) is 38.3 Å². The van der Waals surface area contributed by atoms with Crippen molar-refractivity contribution in [2.45, 2.75) is 38.9 Å². The zero-order valence-corrected chi connectivity index (χ0v) is 22.5. The highest BCUT2D eigenvalue weighted by molar-refractivity contribution is 6.62. The average molecular weight is 512 g/mol. The Morgan fingerprint density at radius 1 is 0.513 bits per heavy atom. The predicted octanol–water partition coefficient (Wildman–Crippen LogP) is 6.23. The van der Waals surface area contributed by atoms with Crippen molar-refractivity contribution < 1.29 is 9.31 Å². The van der Waals surface area contributed by atoms with Crippen LogP contribution in [0.15, 0.2) is 103 Å². The summed E-state index contributed by atoms with van der Waals surface area (Å²) in [5.74, 6) is 1.84. The smallest absolute Gasteiger partial charge is 0.399 e. The first-order valence-corrected chi connectivity index (χ1v) is 13.1. The third-order valence-corrected chi connectivity index (χ3v) is 7.47. The minimum absolute atomic E-state index is 0.393. The summed E-state index contributed by atoms with van der Waals surface area (Å²) in [5, 5.41) is 0. The van der Waals surface area contributed by atoms with Crippen molar-refractivity contribution in [2.75, 3.05) is 0 Å². The first kappa shape index (κ1) is 25.1. The highest BCUT2D eigenvalue weighted by Gasteiger charge is 2.51. The summed E-state index contributed by atoms with van der Waals surface area (Å²) >= 11 is 0. The van der Waals surface area contributed by atoms with Gasteiger partial charge in [0, 0.05) is 28.5 Å². The van der Waals surface area contributed by atoms with Gasteiger partial charge >= 0.3 is 7.12 Å². The number of hydrogen-bond donors (Lipinski definition) is 0. The van der Waals surface area contributed by atoms with Gasteiger partial charge in [-0.15, -0.1) is 0 Å². The molecule has 1 aliphatic rings. The van der Waals surface area contributed by atoms with Gasteiger partial charge in [-0.1, -0.05) is 84.9 Å². The van der Waals surface area contributed by atoms with Gasteiger partial charge in [-0.05, 0) is 45.3 Å². The third-order valence-electron chi connectivity index (χ3n) is 7.47. The van der Waals surface area contributed by atoms with Crippen LogP contribution in [0.3, 0.4) is 0 Å². The van der Waals surface area contributed by atoms with E-state index in [1.54, 1.807) is 6.20 Å². The third kappa shape index (κ3) is 4.99. The number of benzene rings is 3. The van der Waals surface area contributed by atoms with E-state index in [2.05, 4.69) is 32.7 Å². The van der Waals surface area contributed by atoms with E-state index < -0.39 is 18.3 Å². The molecule has 2 aromatic heterocycles. The standard InChI is InChI=1S/C32H29BN4O2/c1-31(2)32(3,4)39-33(38-31)26-19-17-25(18-20-26)30-36-28(23-10-6-5-7-11-23)35-29(37-30)24-15-13-22(14-16-24)27-12-8-9-21-34-27/h5-21H,1-4H3. The molecule has 0 spiro atoms. The minimum atomic E-state index is -0.421. The number of rotatable bonds is 5. The van der Waals surface area contributed by atoms with Crippen molar-refractivity contribution in [1.29, 1.82) is 0 Å². The van der Waals surface area contributed by atoms with Crippen molar-refractivity contribution in [3.05, 3.63) is 103 Å². The fourth-order valence-corrected chi connectivity index (χ4v) is 4.44. The Kier molecular flexibility index (Phi) is 6.33. The molecule has 3 heterocycles. The lowest BCUT2D eigenvalue weighted by molar-refractivity contribution is 0.00578. The van der Waals surface area contributed by atoms with Crippen molar-refractivity contribution in [1.82, 2.24) is 19.9 Å². The van der Waals surface area contributed by atoms with Gasteiger partial charge in [-0.2, -0.15) is 0 Å². The molecule has 0 atom stereocenters. The number of pyridine rings is 1. The van der Waals surface area contributed by atoms with Crippen LogP contribution >= 0.6 is 0 Å². The van der Waals surface area contributed by atoms with E-state index in [9.17, 15) is 0 Å². The van der Waals surface area contributed by atoms with Crippen LogP contribution in [0.1, 0.15) is 27.7 Å². The molecule has 39 heavy (non-hydrogen) atoms. The molecule has 7 heteroatoms. The van der Waals surface area contributed by atoms with E-state index in [1.807, 2.05) is 97.1 Å². The van der Waals surface area contributed by atoms with Crippen molar-refractivity contribution in [2.24, 2.45) is 0 Å². The Morgan fingerprint density at radius 2 is 0.974 bits per heavy atom. The molecule has 6 rings (SSSR count). The lowest BCUT2D eigenvalue weighted by Gasteiger charge is -2.32. The average Bonchev–Trinajstić information content (AvgIpc) is 3.20. The molecule has 0 N–H and O–H groups in total. The second-order valence-electron chi connectivity index (χ2n) is 10.7. The van der Waals surface area contributed by atoms with Crippen molar-refractivity contribution in [3.63, 3.8) is 0 Å². The molecule has 5 aromatic rings. The summed E-state index contributed by atoms with van der Waals surface area (Å²) in [4.78, 5) is 19.0. The van der Waals surface area contributed by atoms with Crippen LogP contribution in [0.4, 0.5) is 0 Å². The summed E-state index contributed by atoms with van der Waals surface area (Å²) in [6.45, 7) is 8.23. The molecule has 0 amide bonds. The molecule has 1 saturated heterocycles. The zero-order valence-electron chi connectivity index (χ0n) is 22.5. The van der Waals surface area contributed by atoms with Gasteiger partial charge < -0.3 is 9.31 Å². The minimum Gasteiger partial charge on any atom is -0.399 e. The second-order valence-corrected chi connectivity index (χ2v) is 10.7. The van der Waals surface area contributed by atoms with Crippen LogP contribution in [0.5, 0.6) is 0 Å². The van der Waals surface area contributed by atoms with E-state index in [1.165, 1.54) is 0 Å². The van der Waals surface area contributed by atoms with Crippen LogP contribution in [-0.2, 0) is 9.31 Å². The summed E-state index contributed by atoms with van der Waals surface area (Å²) < 4.78 is 12.4. The van der Waals surface area contributed by atoms with E-state index in [0.29, 0.717) is 17.5 Å². The molecule has 0 bridgehead atoms. The Labute approximate surface area is 229 Å². The maximum atomic E-state index is 6.22. The zero-order chi connectivity index (χ0) is 27.0. The summed E-state index contributed by atoms with van der Waals surface area (Å²) in [6.07, 6.45) is 1.80. The van der Waals surface area contributed by atoms with Crippen LogP contribution in [0.25, 0.3) is 45.4 Å². The Morgan fingerprint density at radius 3 is 1.49 bits per heavy atom. The molecule has 6 nitrogen and oxygen atoms in total. The predicted molar refractivity (Wildman–Crippen MR) is 155 cm³/mol.